The van der Waals surface area contributed by atoms with Crippen molar-refractivity contribution < 1.29 is 9.15 Å². The van der Waals surface area contributed by atoms with E-state index in [1.54, 1.807) is 10.8 Å². The van der Waals surface area contributed by atoms with E-state index in [-0.39, 0.29) is 6.73 Å². The third-order valence-corrected chi connectivity index (χ3v) is 7.92. The molecule has 0 fully saturated rings. The van der Waals surface area contributed by atoms with Crippen LogP contribution in [0.15, 0.2) is 51.8 Å². The second-order valence-electron chi connectivity index (χ2n) is 9.97. The number of anilines is 4. The average molecular weight is 510 g/mol. The lowest BCUT2D eigenvalue weighted by molar-refractivity contribution is 0.0850. The van der Waals surface area contributed by atoms with Crippen LogP contribution in [-0.4, -0.2) is 29.2 Å². The van der Waals surface area contributed by atoms with Crippen LogP contribution in [0.3, 0.4) is 0 Å². The van der Waals surface area contributed by atoms with Crippen LogP contribution in [0.2, 0.25) is 30.7 Å². The Morgan fingerprint density at radius 2 is 2.00 bits per heavy atom. The van der Waals surface area contributed by atoms with Crippen molar-refractivity contribution in [3.63, 3.8) is 0 Å². The zero-order chi connectivity index (χ0) is 24.6. The molecule has 0 spiro atoms. The van der Waals surface area contributed by atoms with Gasteiger partial charge in [0.25, 0.3) is 0 Å². The number of hydrogen-bond acceptors (Lipinski definition) is 7. The van der Waals surface area contributed by atoms with Crippen molar-refractivity contribution in [2.24, 2.45) is 0 Å². The van der Waals surface area contributed by atoms with Crippen LogP contribution < -0.4 is 16.4 Å². The molecule has 182 valence electrons. The Balaban J connectivity index is 1.56. The van der Waals surface area contributed by atoms with Gasteiger partial charge in [0.15, 0.2) is 11.4 Å². The predicted octanol–water partition coefficient (Wildman–Crippen LogP) is 5.94. The summed E-state index contributed by atoms with van der Waals surface area (Å²) in [4.78, 5) is 21.6. The van der Waals surface area contributed by atoms with Gasteiger partial charge in [0.2, 0.25) is 5.95 Å². The minimum atomic E-state index is -1.23. The van der Waals surface area contributed by atoms with E-state index < -0.39 is 13.8 Å². The highest BCUT2D eigenvalue weighted by molar-refractivity contribution is 6.76. The van der Waals surface area contributed by atoms with Gasteiger partial charge in [0.05, 0.1) is 11.7 Å². The van der Waals surface area contributed by atoms with Gasteiger partial charge in [0.1, 0.15) is 11.8 Å². The first-order valence-corrected chi connectivity index (χ1v) is 15.7. The molecule has 0 radical (unpaired) electrons. The molecule has 1 aliphatic heterocycles. The van der Waals surface area contributed by atoms with Gasteiger partial charge in [-0.25, -0.2) is 14.3 Å². The highest BCUT2D eigenvalue weighted by Crippen LogP contribution is 2.30. The van der Waals surface area contributed by atoms with Crippen molar-refractivity contribution in [1.82, 2.24) is 14.5 Å². The monoisotopic (exact) mass is 509 g/mol. The summed E-state index contributed by atoms with van der Waals surface area (Å²) in [6.45, 7) is 7.65. The molecule has 0 saturated heterocycles. The molecule has 3 heterocycles. The Bertz CT molecular complexity index is 1440. The SMILES string of the molecule is C[Si](C)(C)CCOCn1c(=O)oc2c3cc(cc21)Nc1nc(ncc1Cl)Nc1cccc(c1)CC3. The van der Waals surface area contributed by atoms with Crippen LogP contribution >= 0.6 is 11.6 Å². The van der Waals surface area contributed by atoms with E-state index in [1.807, 2.05) is 24.3 Å². The van der Waals surface area contributed by atoms with Crippen molar-refractivity contribution in [3.8, 4) is 0 Å². The molecule has 0 aliphatic carbocycles. The number of hydrogen-bond donors (Lipinski definition) is 2. The van der Waals surface area contributed by atoms with E-state index in [1.165, 1.54) is 0 Å². The molecule has 35 heavy (non-hydrogen) atoms. The standard InChI is InChI=1S/C25H28ClN5O3Si/c1-35(2,3)10-9-33-15-31-21-13-19-12-17(22(21)34-25(31)32)8-7-16-5-4-6-18(11-16)29-24-27-14-20(26)23(28-19)30-24/h4-6,11-14H,7-10,15H2,1-3H3,(H2,27,28,29,30). The predicted molar refractivity (Wildman–Crippen MR) is 142 cm³/mol. The minimum Gasteiger partial charge on any atom is -0.407 e. The van der Waals surface area contributed by atoms with Gasteiger partial charge in [-0.15, -0.1) is 0 Å². The fourth-order valence-corrected chi connectivity index (χ4v) is 4.91. The van der Waals surface area contributed by atoms with Gasteiger partial charge in [-0.1, -0.05) is 43.4 Å². The highest BCUT2D eigenvalue weighted by Gasteiger charge is 2.18. The molecule has 2 N–H and O–H groups in total. The topological polar surface area (TPSA) is 94.2 Å². The van der Waals surface area contributed by atoms with Gasteiger partial charge < -0.3 is 19.8 Å². The molecule has 0 unspecified atom stereocenters. The Hall–Kier alpha value is -3.14. The number of fused-ring (bicyclic) bond motifs is 8. The molecule has 4 aromatic rings. The van der Waals surface area contributed by atoms with Gasteiger partial charge >= 0.3 is 5.76 Å². The third-order valence-electron chi connectivity index (χ3n) is 5.94. The van der Waals surface area contributed by atoms with Gasteiger partial charge in [-0.05, 0) is 54.3 Å². The summed E-state index contributed by atoms with van der Waals surface area (Å²) in [7, 11) is -1.23. The maximum absolute atomic E-state index is 12.8. The van der Waals surface area contributed by atoms with Crippen molar-refractivity contribution in [1.29, 1.82) is 0 Å². The maximum Gasteiger partial charge on any atom is 0.421 e. The zero-order valence-corrected chi connectivity index (χ0v) is 21.8. The average Bonchev–Trinajstić information content (AvgIpc) is 3.12. The molecule has 1 aliphatic rings. The summed E-state index contributed by atoms with van der Waals surface area (Å²) in [6.07, 6.45) is 3.02. The number of rotatable bonds is 5. The number of ether oxygens (including phenoxy) is 1. The van der Waals surface area contributed by atoms with Crippen LogP contribution in [0.1, 0.15) is 11.1 Å². The van der Waals surface area contributed by atoms with Crippen LogP contribution in [0.25, 0.3) is 11.1 Å². The lowest BCUT2D eigenvalue weighted by atomic mass is 10.0. The summed E-state index contributed by atoms with van der Waals surface area (Å²) < 4.78 is 13.1. The summed E-state index contributed by atoms with van der Waals surface area (Å²) in [5.41, 5.74) is 4.96. The summed E-state index contributed by atoms with van der Waals surface area (Å²) in [5.74, 6) is 0.473. The number of aryl methyl sites for hydroxylation is 2. The zero-order valence-electron chi connectivity index (χ0n) is 20.0. The van der Waals surface area contributed by atoms with E-state index in [0.717, 1.165) is 35.0 Å². The van der Waals surface area contributed by atoms with E-state index in [4.69, 9.17) is 20.8 Å². The summed E-state index contributed by atoms with van der Waals surface area (Å²) in [6, 6.07) is 13.0. The van der Waals surface area contributed by atoms with Crippen molar-refractivity contribution in [3.05, 3.63) is 69.3 Å². The molecule has 6 bridgehead atoms. The number of nitrogens with one attached hydrogen (secondary N) is 2. The van der Waals surface area contributed by atoms with Gasteiger partial charge in [-0.2, -0.15) is 4.98 Å². The van der Waals surface area contributed by atoms with E-state index in [9.17, 15) is 4.79 Å². The lowest BCUT2D eigenvalue weighted by Gasteiger charge is -2.15. The van der Waals surface area contributed by atoms with Gasteiger partial charge in [0, 0.05) is 26.1 Å². The van der Waals surface area contributed by atoms with Crippen molar-refractivity contribution in [2.75, 3.05) is 17.2 Å². The minimum absolute atomic E-state index is 0.142. The number of aromatic nitrogens is 3. The molecular formula is C25H28ClN5O3Si. The maximum atomic E-state index is 12.8. The highest BCUT2D eigenvalue weighted by atomic mass is 35.5. The van der Waals surface area contributed by atoms with Crippen LogP contribution in [0, 0.1) is 0 Å². The fourth-order valence-electron chi connectivity index (χ4n) is 4.01. The first-order chi connectivity index (χ1) is 16.7. The molecule has 2 aromatic heterocycles. The first kappa shape index (κ1) is 23.6. The summed E-state index contributed by atoms with van der Waals surface area (Å²) in [5, 5.41) is 6.93. The Labute approximate surface area is 209 Å². The molecule has 10 heteroatoms. The Kier molecular flexibility index (Phi) is 6.39. The molecule has 5 rings (SSSR count). The summed E-state index contributed by atoms with van der Waals surface area (Å²) >= 11 is 6.40. The molecular weight excluding hydrogens is 482 g/mol. The normalized spacial score (nSPS) is 13.4. The number of oxazole rings is 1. The largest absolute Gasteiger partial charge is 0.421 e. The molecule has 8 nitrogen and oxygen atoms in total. The molecule has 0 saturated carbocycles. The van der Waals surface area contributed by atoms with Crippen molar-refractivity contribution >= 4 is 53.9 Å². The first-order valence-electron chi connectivity index (χ1n) is 11.6. The van der Waals surface area contributed by atoms with E-state index in [0.29, 0.717) is 40.9 Å². The van der Waals surface area contributed by atoms with Crippen LogP contribution in [0.4, 0.5) is 23.1 Å². The number of halogens is 1. The fraction of sp³-hybridized carbons (Fsp3) is 0.320. The van der Waals surface area contributed by atoms with Crippen LogP contribution in [0.5, 0.6) is 0 Å². The lowest BCUT2D eigenvalue weighted by Crippen LogP contribution is -2.23. The van der Waals surface area contributed by atoms with Crippen LogP contribution in [-0.2, 0) is 24.3 Å². The molecule has 0 atom stereocenters. The number of nitrogens with zero attached hydrogens (tertiary/aromatic N) is 3. The third kappa shape index (κ3) is 5.42. The molecule has 0 amide bonds. The second kappa shape index (κ2) is 9.48. The number of benzene rings is 2. The van der Waals surface area contributed by atoms with E-state index in [2.05, 4.69) is 52.4 Å². The Morgan fingerprint density at radius 3 is 2.83 bits per heavy atom. The van der Waals surface area contributed by atoms with Crippen molar-refractivity contribution in [2.45, 2.75) is 45.3 Å². The molecule has 2 aromatic carbocycles. The van der Waals surface area contributed by atoms with Gasteiger partial charge in [-0.3, -0.25) is 0 Å². The second-order valence-corrected chi connectivity index (χ2v) is 16.0. The quantitative estimate of drug-likeness (QED) is 0.254. The van der Waals surface area contributed by atoms with E-state index >= 15 is 0 Å². The smallest absolute Gasteiger partial charge is 0.407 e. The Morgan fingerprint density at radius 1 is 1.14 bits per heavy atom.